The lowest BCUT2D eigenvalue weighted by atomic mass is 10.2. The Kier molecular flexibility index (Phi) is 4.02. The maximum absolute atomic E-state index is 5.89. The number of nitrogens with one attached hydrogen (secondary N) is 1. The molecule has 90 valence electrons. The number of anilines is 1. The molecule has 0 fully saturated rings. The summed E-state index contributed by atoms with van der Waals surface area (Å²) in [6, 6.07) is 8.09. The Labute approximate surface area is 111 Å². The number of aromatic nitrogens is 1. The van der Waals surface area contributed by atoms with Gasteiger partial charge in [-0.1, -0.05) is 18.2 Å². The molecule has 2 nitrogen and oxygen atoms in total. The van der Waals surface area contributed by atoms with Crippen molar-refractivity contribution in [3.05, 3.63) is 45.4 Å². The fraction of sp³-hybridized carbons (Fsp3) is 0.308. The highest BCUT2D eigenvalue weighted by Gasteiger charge is 2.04. The third-order valence-electron chi connectivity index (χ3n) is 2.66. The minimum atomic E-state index is 0.527. The first-order chi connectivity index (χ1) is 8.20. The van der Waals surface area contributed by atoms with Crippen molar-refractivity contribution < 1.29 is 0 Å². The Bertz CT molecular complexity index is 488. The van der Waals surface area contributed by atoms with Crippen LogP contribution in [0.5, 0.6) is 0 Å². The van der Waals surface area contributed by atoms with Crippen LogP contribution in [0.2, 0.25) is 0 Å². The van der Waals surface area contributed by atoms with Crippen molar-refractivity contribution in [2.24, 2.45) is 0 Å². The highest BCUT2D eigenvalue weighted by molar-refractivity contribution is 7.11. The number of alkyl halides is 1. The minimum Gasteiger partial charge on any atom is -0.378 e. The summed E-state index contributed by atoms with van der Waals surface area (Å²) in [6.07, 6.45) is 0. The lowest BCUT2D eigenvalue weighted by Gasteiger charge is -2.08. The van der Waals surface area contributed by atoms with Crippen molar-refractivity contribution in [1.29, 1.82) is 0 Å². The molecule has 0 saturated heterocycles. The second-order valence-electron chi connectivity index (χ2n) is 3.89. The molecule has 0 spiro atoms. The molecule has 0 saturated carbocycles. The summed E-state index contributed by atoms with van der Waals surface area (Å²) in [5, 5.41) is 4.50. The summed E-state index contributed by atoms with van der Waals surface area (Å²) in [7, 11) is 0. The molecule has 0 aliphatic heterocycles. The third kappa shape index (κ3) is 2.99. The maximum atomic E-state index is 5.89. The van der Waals surface area contributed by atoms with Crippen LogP contribution in [0.4, 0.5) is 5.69 Å². The molecule has 1 aromatic carbocycles. The standard InChI is InChI=1S/C13H15ClN2S/c1-9-10(2)17-13(16-9)8-15-12-6-4-3-5-11(12)7-14/h3-6,15H,7-8H2,1-2H3. The van der Waals surface area contributed by atoms with E-state index in [1.165, 1.54) is 4.88 Å². The van der Waals surface area contributed by atoms with E-state index in [1.807, 2.05) is 31.2 Å². The summed E-state index contributed by atoms with van der Waals surface area (Å²) in [6.45, 7) is 4.90. The van der Waals surface area contributed by atoms with Crippen molar-refractivity contribution in [2.45, 2.75) is 26.3 Å². The molecule has 1 N–H and O–H groups in total. The summed E-state index contributed by atoms with van der Waals surface area (Å²) in [5.74, 6) is 0.527. The highest BCUT2D eigenvalue weighted by Crippen LogP contribution is 2.20. The lowest BCUT2D eigenvalue weighted by molar-refractivity contribution is 1.07. The second kappa shape index (κ2) is 5.52. The van der Waals surface area contributed by atoms with Gasteiger partial charge in [-0.3, -0.25) is 0 Å². The van der Waals surface area contributed by atoms with Gasteiger partial charge in [-0.2, -0.15) is 0 Å². The Balaban J connectivity index is 2.07. The normalized spacial score (nSPS) is 10.5. The number of nitrogens with zero attached hydrogens (tertiary/aromatic N) is 1. The molecule has 0 unspecified atom stereocenters. The van der Waals surface area contributed by atoms with Gasteiger partial charge < -0.3 is 5.32 Å². The number of aryl methyl sites for hydroxylation is 2. The van der Waals surface area contributed by atoms with E-state index in [2.05, 4.69) is 17.2 Å². The molecule has 0 atom stereocenters. The molecule has 0 bridgehead atoms. The molecule has 0 aliphatic carbocycles. The highest BCUT2D eigenvalue weighted by atomic mass is 35.5. The molecule has 0 aliphatic rings. The van der Waals surface area contributed by atoms with Crippen molar-refractivity contribution >= 4 is 28.6 Å². The van der Waals surface area contributed by atoms with Crippen molar-refractivity contribution in [3.8, 4) is 0 Å². The topological polar surface area (TPSA) is 24.9 Å². The number of rotatable bonds is 4. The van der Waals surface area contributed by atoms with Gasteiger partial charge in [0.2, 0.25) is 0 Å². The Hall–Kier alpha value is -1.06. The zero-order chi connectivity index (χ0) is 12.3. The SMILES string of the molecule is Cc1nc(CNc2ccccc2CCl)sc1C. The molecule has 0 amide bonds. The first kappa shape index (κ1) is 12.4. The summed E-state index contributed by atoms with van der Waals surface area (Å²) >= 11 is 7.63. The van der Waals surface area contributed by atoms with Crippen LogP contribution in [-0.4, -0.2) is 4.98 Å². The third-order valence-corrected chi connectivity index (χ3v) is 4.02. The molecule has 0 radical (unpaired) electrons. The number of thiazole rings is 1. The molecular formula is C13H15ClN2S. The van der Waals surface area contributed by atoms with Gasteiger partial charge in [-0.15, -0.1) is 22.9 Å². The van der Waals surface area contributed by atoms with Gasteiger partial charge in [0.25, 0.3) is 0 Å². The van der Waals surface area contributed by atoms with Crippen LogP contribution in [0.25, 0.3) is 0 Å². The fourth-order valence-corrected chi connectivity index (χ4v) is 2.70. The van der Waals surface area contributed by atoms with E-state index in [-0.39, 0.29) is 0 Å². The molecular weight excluding hydrogens is 252 g/mol. The van der Waals surface area contributed by atoms with Gasteiger partial charge in [-0.05, 0) is 25.5 Å². The van der Waals surface area contributed by atoms with Gasteiger partial charge in [0.1, 0.15) is 5.01 Å². The van der Waals surface area contributed by atoms with Gasteiger partial charge in [0.05, 0.1) is 12.2 Å². The van der Waals surface area contributed by atoms with E-state index in [1.54, 1.807) is 11.3 Å². The molecule has 4 heteroatoms. The predicted octanol–water partition coefficient (Wildman–Crippen LogP) is 4.11. The largest absolute Gasteiger partial charge is 0.378 e. The van der Waals surface area contributed by atoms with Crippen molar-refractivity contribution in [1.82, 2.24) is 4.98 Å². The van der Waals surface area contributed by atoms with E-state index >= 15 is 0 Å². The van der Waals surface area contributed by atoms with E-state index in [0.29, 0.717) is 5.88 Å². The van der Waals surface area contributed by atoms with Crippen LogP contribution in [0, 0.1) is 13.8 Å². The summed E-state index contributed by atoms with van der Waals surface area (Å²) < 4.78 is 0. The van der Waals surface area contributed by atoms with E-state index < -0.39 is 0 Å². The number of para-hydroxylation sites is 1. The first-order valence-electron chi connectivity index (χ1n) is 5.51. The molecule has 17 heavy (non-hydrogen) atoms. The van der Waals surface area contributed by atoms with Crippen LogP contribution >= 0.6 is 22.9 Å². The van der Waals surface area contributed by atoms with Crippen LogP contribution < -0.4 is 5.32 Å². The van der Waals surface area contributed by atoms with E-state index in [4.69, 9.17) is 11.6 Å². The first-order valence-corrected chi connectivity index (χ1v) is 6.86. The van der Waals surface area contributed by atoms with Crippen molar-refractivity contribution in [3.63, 3.8) is 0 Å². The smallest absolute Gasteiger partial charge is 0.112 e. The van der Waals surface area contributed by atoms with E-state index in [9.17, 15) is 0 Å². The van der Waals surface area contributed by atoms with Crippen LogP contribution in [0.1, 0.15) is 21.1 Å². The summed E-state index contributed by atoms with van der Waals surface area (Å²) in [5.41, 5.74) is 3.34. The Morgan fingerprint density at radius 2 is 2.06 bits per heavy atom. The van der Waals surface area contributed by atoms with Crippen LogP contribution in [-0.2, 0) is 12.4 Å². The quantitative estimate of drug-likeness (QED) is 0.843. The van der Waals surface area contributed by atoms with Gasteiger partial charge in [0.15, 0.2) is 0 Å². The monoisotopic (exact) mass is 266 g/mol. The predicted molar refractivity (Wildman–Crippen MR) is 74.9 cm³/mol. The molecule has 2 rings (SSSR count). The second-order valence-corrected chi connectivity index (χ2v) is 5.45. The van der Waals surface area contributed by atoms with Gasteiger partial charge in [0, 0.05) is 16.4 Å². The zero-order valence-corrected chi connectivity index (χ0v) is 11.5. The number of halogens is 1. The molecule has 2 aromatic rings. The maximum Gasteiger partial charge on any atom is 0.112 e. The Morgan fingerprint density at radius 1 is 1.29 bits per heavy atom. The lowest BCUT2D eigenvalue weighted by Crippen LogP contribution is -2.01. The fourth-order valence-electron chi connectivity index (χ4n) is 1.59. The van der Waals surface area contributed by atoms with Gasteiger partial charge in [-0.25, -0.2) is 4.98 Å². The van der Waals surface area contributed by atoms with Crippen LogP contribution in [0.3, 0.4) is 0 Å². The number of benzene rings is 1. The Morgan fingerprint density at radius 3 is 2.71 bits per heavy atom. The molecule has 1 heterocycles. The number of hydrogen-bond acceptors (Lipinski definition) is 3. The average molecular weight is 267 g/mol. The molecule has 1 aromatic heterocycles. The average Bonchev–Trinajstić information content (AvgIpc) is 2.66. The van der Waals surface area contributed by atoms with Crippen molar-refractivity contribution in [2.75, 3.05) is 5.32 Å². The summed E-state index contributed by atoms with van der Waals surface area (Å²) in [4.78, 5) is 5.79. The minimum absolute atomic E-state index is 0.527. The number of hydrogen-bond donors (Lipinski definition) is 1. The van der Waals surface area contributed by atoms with Crippen LogP contribution in [0.15, 0.2) is 24.3 Å². The zero-order valence-electron chi connectivity index (χ0n) is 9.96. The van der Waals surface area contributed by atoms with E-state index in [0.717, 1.165) is 28.5 Å². The van der Waals surface area contributed by atoms with Gasteiger partial charge >= 0.3 is 0 Å².